The summed E-state index contributed by atoms with van der Waals surface area (Å²) >= 11 is 5.94. The lowest BCUT2D eigenvalue weighted by Gasteiger charge is -2.32. The maximum absolute atomic E-state index is 12.4. The van der Waals surface area contributed by atoms with Gasteiger partial charge in [-0.15, -0.1) is 0 Å². The van der Waals surface area contributed by atoms with E-state index in [9.17, 15) is 4.79 Å². The zero-order chi connectivity index (χ0) is 15.4. The van der Waals surface area contributed by atoms with E-state index in [1.54, 1.807) is 18.5 Å². The molecule has 1 fully saturated rings. The van der Waals surface area contributed by atoms with Gasteiger partial charge in [-0.05, 0) is 37.0 Å². The fourth-order valence-corrected chi connectivity index (χ4v) is 2.95. The van der Waals surface area contributed by atoms with Crippen LogP contribution in [-0.2, 0) is 6.54 Å². The molecule has 22 heavy (non-hydrogen) atoms. The van der Waals surface area contributed by atoms with Crippen LogP contribution in [0.1, 0.15) is 12.8 Å². The van der Waals surface area contributed by atoms with Crippen LogP contribution in [0.25, 0.3) is 0 Å². The maximum Gasteiger partial charge on any atom is 0.321 e. The minimum absolute atomic E-state index is 0.0782. The Morgan fingerprint density at radius 1 is 1.45 bits per heavy atom. The largest absolute Gasteiger partial charge is 0.324 e. The van der Waals surface area contributed by atoms with Crippen molar-refractivity contribution in [3.05, 3.63) is 41.9 Å². The summed E-state index contributed by atoms with van der Waals surface area (Å²) in [5, 5.41) is 7.64. The molecule has 2 heterocycles. The molecule has 6 nitrogen and oxygen atoms in total. The second kappa shape index (κ2) is 6.79. The molecule has 0 unspecified atom stereocenters. The van der Waals surface area contributed by atoms with Crippen molar-refractivity contribution in [3.8, 4) is 0 Å². The van der Waals surface area contributed by atoms with Gasteiger partial charge in [0.25, 0.3) is 0 Å². The van der Waals surface area contributed by atoms with Crippen molar-refractivity contribution in [2.75, 3.05) is 18.4 Å². The molecular weight excluding hydrogens is 302 g/mol. The summed E-state index contributed by atoms with van der Waals surface area (Å²) in [4.78, 5) is 18.2. The second-order valence-electron chi connectivity index (χ2n) is 5.51. The van der Waals surface area contributed by atoms with Crippen molar-refractivity contribution in [2.24, 2.45) is 5.92 Å². The first-order valence-corrected chi connectivity index (χ1v) is 7.72. The minimum atomic E-state index is -0.0782. The third kappa shape index (κ3) is 3.76. The van der Waals surface area contributed by atoms with E-state index in [-0.39, 0.29) is 6.03 Å². The Balaban J connectivity index is 1.58. The average Bonchev–Trinajstić information content (AvgIpc) is 3.00. The molecule has 3 rings (SSSR count). The lowest BCUT2D eigenvalue weighted by Crippen LogP contribution is -2.43. The number of anilines is 1. The summed E-state index contributed by atoms with van der Waals surface area (Å²) in [6.07, 6.45) is 5.35. The summed E-state index contributed by atoms with van der Waals surface area (Å²) in [6, 6.07) is 7.11. The normalized spacial score (nSPS) is 18.2. The number of carbonyl (C=O) groups excluding carboxylic acids is 1. The molecular formula is C15H18ClN5O. The van der Waals surface area contributed by atoms with E-state index < -0.39 is 0 Å². The Morgan fingerprint density at radius 3 is 3.14 bits per heavy atom. The van der Waals surface area contributed by atoms with Gasteiger partial charge in [-0.2, -0.15) is 5.10 Å². The number of carbonyl (C=O) groups is 1. The topological polar surface area (TPSA) is 63.1 Å². The van der Waals surface area contributed by atoms with E-state index in [4.69, 9.17) is 11.6 Å². The number of hydrogen-bond acceptors (Lipinski definition) is 3. The predicted molar refractivity (Wildman–Crippen MR) is 84.8 cm³/mol. The summed E-state index contributed by atoms with van der Waals surface area (Å²) < 4.78 is 1.82. The first-order chi connectivity index (χ1) is 10.7. The van der Waals surface area contributed by atoms with E-state index in [0.717, 1.165) is 38.2 Å². The van der Waals surface area contributed by atoms with Crippen LogP contribution in [-0.4, -0.2) is 38.8 Å². The summed E-state index contributed by atoms with van der Waals surface area (Å²) in [7, 11) is 0. The van der Waals surface area contributed by atoms with E-state index in [1.807, 2.05) is 21.7 Å². The second-order valence-corrected chi connectivity index (χ2v) is 5.95. The molecule has 2 amide bonds. The SMILES string of the molecule is O=C(Nc1cccc(Cl)c1)N1CCC[C@@H](Cn2cncn2)C1. The Labute approximate surface area is 134 Å². The van der Waals surface area contributed by atoms with Gasteiger partial charge in [0, 0.05) is 30.3 Å². The highest BCUT2D eigenvalue weighted by atomic mass is 35.5. The lowest BCUT2D eigenvalue weighted by atomic mass is 9.98. The van der Waals surface area contributed by atoms with Crippen LogP contribution in [0.4, 0.5) is 10.5 Å². The number of halogens is 1. The standard InChI is InChI=1S/C15H18ClN5O/c16-13-4-1-5-14(7-13)19-15(22)20-6-2-3-12(8-20)9-21-11-17-10-18-21/h1,4-5,7,10-12H,2-3,6,8-9H2,(H,19,22)/t12-/m1/s1. The number of nitrogens with zero attached hydrogens (tertiary/aromatic N) is 4. The fraction of sp³-hybridized carbons (Fsp3) is 0.400. The Morgan fingerprint density at radius 2 is 2.36 bits per heavy atom. The van der Waals surface area contributed by atoms with Gasteiger partial charge in [-0.3, -0.25) is 4.68 Å². The first-order valence-electron chi connectivity index (χ1n) is 7.34. The van der Waals surface area contributed by atoms with Gasteiger partial charge in [0.2, 0.25) is 0 Å². The van der Waals surface area contributed by atoms with Gasteiger partial charge < -0.3 is 10.2 Å². The smallest absolute Gasteiger partial charge is 0.321 e. The number of aromatic nitrogens is 3. The number of benzene rings is 1. The van der Waals surface area contributed by atoms with E-state index in [1.165, 1.54) is 6.33 Å². The molecule has 0 aliphatic carbocycles. The van der Waals surface area contributed by atoms with Gasteiger partial charge in [-0.1, -0.05) is 17.7 Å². The molecule has 7 heteroatoms. The van der Waals surface area contributed by atoms with Crippen molar-refractivity contribution < 1.29 is 4.79 Å². The highest BCUT2D eigenvalue weighted by Gasteiger charge is 2.24. The maximum atomic E-state index is 12.4. The molecule has 1 N–H and O–H groups in total. The average molecular weight is 320 g/mol. The van der Waals surface area contributed by atoms with Gasteiger partial charge in [0.1, 0.15) is 12.7 Å². The number of hydrogen-bond donors (Lipinski definition) is 1. The number of likely N-dealkylation sites (tertiary alicyclic amines) is 1. The number of urea groups is 1. The Kier molecular flexibility index (Phi) is 4.58. The van der Waals surface area contributed by atoms with Crippen LogP contribution < -0.4 is 5.32 Å². The zero-order valence-electron chi connectivity index (χ0n) is 12.2. The van der Waals surface area contributed by atoms with Crippen LogP contribution >= 0.6 is 11.6 Å². The molecule has 0 saturated carbocycles. The van der Waals surface area contributed by atoms with Crippen molar-refractivity contribution in [3.63, 3.8) is 0 Å². The predicted octanol–water partition coefficient (Wildman–Crippen LogP) is 2.88. The van der Waals surface area contributed by atoms with Crippen molar-refractivity contribution in [1.82, 2.24) is 19.7 Å². The van der Waals surface area contributed by atoms with Gasteiger partial charge in [0.05, 0.1) is 0 Å². The molecule has 0 bridgehead atoms. The van der Waals surface area contributed by atoms with Gasteiger partial charge in [0.15, 0.2) is 0 Å². The number of rotatable bonds is 3. The van der Waals surface area contributed by atoms with Crippen molar-refractivity contribution in [2.45, 2.75) is 19.4 Å². The Bertz CT molecular complexity index is 631. The highest BCUT2D eigenvalue weighted by molar-refractivity contribution is 6.30. The fourth-order valence-electron chi connectivity index (χ4n) is 2.76. The quantitative estimate of drug-likeness (QED) is 0.946. The molecule has 1 aromatic carbocycles. The molecule has 1 saturated heterocycles. The first kappa shape index (κ1) is 14.8. The van der Waals surface area contributed by atoms with E-state index in [2.05, 4.69) is 15.4 Å². The summed E-state index contributed by atoms with van der Waals surface area (Å²) in [6.45, 7) is 2.30. The molecule has 1 aromatic heterocycles. The number of nitrogens with one attached hydrogen (secondary N) is 1. The number of piperidine rings is 1. The molecule has 1 atom stereocenters. The van der Waals surface area contributed by atoms with Crippen molar-refractivity contribution >= 4 is 23.3 Å². The van der Waals surface area contributed by atoms with Gasteiger partial charge >= 0.3 is 6.03 Å². The Hall–Kier alpha value is -2.08. The van der Waals surface area contributed by atoms with E-state index in [0.29, 0.717) is 10.9 Å². The summed E-state index contributed by atoms with van der Waals surface area (Å²) in [5.74, 6) is 0.403. The summed E-state index contributed by atoms with van der Waals surface area (Å²) in [5.41, 5.74) is 0.718. The molecule has 1 aliphatic heterocycles. The van der Waals surface area contributed by atoms with Crippen LogP contribution in [0.15, 0.2) is 36.9 Å². The third-order valence-corrected chi connectivity index (χ3v) is 4.03. The third-order valence-electron chi connectivity index (χ3n) is 3.79. The molecule has 0 radical (unpaired) electrons. The van der Waals surface area contributed by atoms with Crippen LogP contribution in [0.5, 0.6) is 0 Å². The lowest BCUT2D eigenvalue weighted by molar-refractivity contribution is 0.168. The minimum Gasteiger partial charge on any atom is -0.324 e. The zero-order valence-corrected chi connectivity index (χ0v) is 12.9. The van der Waals surface area contributed by atoms with Crippen LogP contribution in [0.2, 0.25) is 5.02 Å². The van der Waals surface area contributed by atoms with Crippen LogP contribution in [0.3, 0.4) is 0 Å². The highest BCUT2D eigenvalue weighted by Crippen LogP contribution is 2.20. The monoisotopic (exact) mass is 319 g/mol. The molecule has 116 valence electrons. The van der Waals surface area contributed by atoms with E-state index >= 15 is 0 Å². The number of amides is 2. The molecule has 0 spiro atoms. The molecule has 2 aromatic rings. The van der Waals surface area contributed by atoms with Crippen molar-refractivity contribution in [1.29, 1.82) is 0 Å². The molecule has 1 aliphatic rings. The van der Waals surface area contributed by atoms with Gasteiger partial charge in [-0.25, -0.2) is 9.78 Å². The van der Waals surface area contributed by atoms with Crippen LogP contribution in [0, 0.1) is 5.92 Å².